The van der Waals surface area contributed by atoms with Crippen LogP contribution in [0.15, 0.2) is 42.5 Å². The number of halogens is 3. The van der Waals surface area contributed by atoms with E-state index in [2.05, 4.69) is 5.32 Å². The topological polar surface area (TPSA) is 12.0 Å². The van der Waals surface area contributed by atoms with Crippen molar-refractivity contribution in [3.63, 3.8) is 0 Å². The molecule has 0 atom stereocenters. The molecule has 0 spiro atoms. The maximum atomic E-state index is 13.3. The zero-order chi connectivity index (χ0) is 14.2. The molecule has 0 bridgehead atoms. The Labute approximate surface area is 115 Å². The van der Waals surface area contributed by atoms with Crippen LogP contribution in [0.5, 0.6) is 0 Å². The van der Waals surface area contributed by atoms with Gasteiger partial charge < -0.3 is 5.32 Å². The Morgan fingerprint density at radius 2 is 1.45 bits per heavy atom. The second-order valence-corrected chi connectivity index (χ2v) is 5.35. The molecule has 3 rings (SSSR count). The summed E-state index contributed by atoms with van der Waals surface area (Å²) >= 11 is 0. The molecule has 1 nitrogen and oxygen atoms in total. The van der Waals surface area contributed by atoms with Crippen LogP contribution in [0, 0.1) is 17.5 Å². The first-order valence-electron chi connectivity index (χ1n) is 6.49. The van der Waals surface area contributed by atoms with Crippen LogP contribution in [0.2, 0.25) is 0 Å². The second-order valence-electron chi connectivity index (χ2n) is 5.35. The van der Waals surface area contributed by atoms with Crippen LogP contribution in [0.1, 0.15) is 11.1 Å². The molecule has 1 aliphatic heterocycles. The van der Waals surface area contributed by atoms with Gasteiger partial charge in [-0.3, -0.25) is 0 Å². The summed E-state index contributed by atoms with van der Waals surface area (Å²) in [5.41, 5.74) is 1.39. The predicted octanol–water partition coefficient (Wildman–Crippen LogP) is 3.19. The summed E-state index contributed by atoms with van der Waals surface area (Å²) in [7, 11) is 0. The van der Waals surface area contributed by atoms with Crippen LogP contribution < -0.4 is 5.32 Å². The number of hydrogen-bond donors (Lipinski definition) is 1. The lowest BCUT2D eigenvalue weighted by Gasteiger charge is -2.43. The van der Waals surface area contributed by atoms with Gasteiger partial charge in [-0.05, 0) is 41.8 Å². The van der Waals surface area contributed by atoms with Gasteiger partial charge in [-0.1, -0.05) is 12.1 Å². The minimum Gasteiger partial charge on any atom is -0.315 e. The van der Waals surface area contributed by atoms with Crippen LogP contribution in [-0.4, -0.2) is 13.1 Å². The first kappa shape index (κ1) is 13.2. The molecule has 2 aromatic rings. The van der Waals surface area contributed by atoms with Crippen molar-refractivity contribution in [3.8, 4) is 0 Å². The summed E-state index contributed by atoms with van der Waals surface area (Å²) in [4.78, 5) is 0. The van der Waals surface area contributed by atoms with Crippen molar-refractivity contribution in [2.24, 2.45) is 0 Å². The van der Waals surface area contributed by atoms with E-state index in [1.54, 1.807) is 12.1 Å². The SMILES string of the molecule is Fc1ccc(C2(Cc3cc(F)cc(F)c3)CNC2)cc1. The molecule has 0 amide bonds. The summed E-state index contributed by atoms with van der Waals surface area (Å²) < 4.78 is 39.6. The Bertz CT molecular complexity index is 598. The fourth-order valence-corrected chi connectivity index (χ4v) is 2.77. The predicted molar refractivity (Wildman–Crippen MR) is 71.0 cm³/mol. The maximum Gasteiger partial charge on any atom is 0.126 e. The molecule has 1 saturated heterocycles. The lowest BCUT2D eigenvalue weighted by Crippen LogP contribution is -2.58. The van der Waals surface area contributed by atoms with E-state index in [-0.39, 0.29) is 11.2 Å². The summed E-state index contributed by atoms with van der Waals surface area (Å²) in [6.07, 6.45) is 0.528. The number of nitrogens with one attached hydrogen (secondary N) is 1. The molecule has 2 aromatic carbocycles. The van der Waals surface area contributed by atoms with E-state index >= 15 is 0 Å². The molecule has 0 aromatic heterocycles. The Kier molecular flexibility index (Phi) is 3.26. The lowest BCUT2D eigenvalue weighted by atomic mass is 9.71. The molecule has 4 heteroatoms. The minimum atomic E-state index is -0.568. The molecular weight excluding hydrogens is 263 g/mol. The van der Waals surface area contributed by atoms with E-state index in [4.69, 9.17) is 0 Å². The van der Waals surface area contributed by atoms with Crippen LogP contribution >= 0.6 is 0 Å². The van der Waals surface area contributed by atoms with E-state index in [1.165, 1.54) is 24.3 Å². The standard InChI is InChI=1S/C16H14F3N/c17-13-3-1-12(2-4-13)16(9-20-10-16)8-11-5-14(18)7-15(19)6-11/h1-7,20H,8-10H2. The average molecular weight is 277 g/mol. The van der Waals surface area contributed by atoms with Gasteiger partial charge in [0.05, 0.1) is 0 Å². The molecule has 0 unspecified atom stereocenters. The van der Waals surface area contributed by atoms with E-state index in [0.717, 1.165) is 24.7 Å². The first-order valence-corrected chi connectivity index (χ1v) is 6.49. The Hall–Kier alpha value is -1.81. The number of rotatable bonds is 3. The number of benzene rings is 2. The third-order valence-corrected chi connectivity index (χ3v) is 3.85. The van der Waals surface area contributed by atoms with E-state index < -0.39 is 11.6 Å². The van der Waals surface area contributed by atoms with Crippen LogP contribution in [0.3, 0.4) is 0 Å². The van der Waals surface area contributed by atoms with Gasteiger partial charge in [0.2, 0.25) is 0 Å². The van der Waals surface area contributed by atoms with Crippen molar-refractivity contribution in [2.75, 3.05) is 13.1 Å². The molecule has 0 aliphatic carbocycles. The Balaban J connectivity index is 1.91. The fraction of sp³-hybridized carbons (Fsp3) is 0.250. The van der Waals surface area contributed by atoms with Crippen LogP contribution in [0.25, 0.3) is 0 Å². The Morgan fingerprint density at radius 3 is 1.95 bits per heavy atom. The quantitative estimate of drug-likeness (QED) is 0.908. The molecule has 1 heterocycles. The van der Waals surface area contributed by atoms with Crippen molar-refractivity contribution < 1.29 is 13.2 Å². The van der Waals surface area contributed by atoms with Crippen molar-refractivity contribution in [2.45, 2.75) is 11.8 Å². The molecule has 20 heavy (non-hydrogen) atoms. The van der Waals surface area contributed by atoms with Gasteiger partial charge in [0.1, 0.15) is 17.5 Å². The monoisotopic (exact) mass is 277 g/mol. The van der Waals surface area contributed by atoms with Crippen LogP contribution in [0.4, 0.5) is 13.2 Å². The summed E-state index contributed by atoms with van der Waals surface area (Å²) in [6, 6.07) is 9.90. The fourth-order valence-electron chi connectivity index (χ4n) is 2.77. The molecular formula is C16H14F3N. The highest BCUT2D eigenvalue weighted by atomic mass is 19.1. The third kappa shape index (κ3) is 2.43. The molecule has 0 saturated carbocycles. The first-order chi connectivity index (χ1) is 9.57. The highest BCUT2D eigenvalue weighted by molar-refractivity contribution is 5.34. The second kappa shape index (κ2) is 4.94. The van der Waals surface area contributed by atoms with Gasteiger partial charge in [-0.25, -0.2) is 13.2 Å². The molecule has 1 N–H and O–H groups in total. The van der Waals surface area contributed by atoms with Gasteiger partial charge in [0.25, 0.3) is 0 Å². The van der Waals surface area contributed by atoms with Crippen molar-refractivity contribution in [1.29, 1.82) is 0 Å². The normalized spacial score (nSPS) is 16.8. The van der Waals surface area contributed by atoms with Gasteiger partial charge in [-0.15, -0.1) is 0 Å². The zero-order valence-electron chi connectivity index (χ0n) is 10.8. The molecule has 1 aliphatic rings. The smallest absolute Gasteiger partial charge is 0.126 e. The van der Waals surface area contributed by atoms with Crippen molar-refractivity contribution in [3.05, 3.63) is 71.0 Å². The Morgan fingerprint density at radius 1 is 0.850 bits per heavy atom. The van der Waals surface area contributed by atoms with E-state index in [1.807, 2.05) is 0 Å². The lowest BCUT2D eigenvalue weighted by molar-refractivity contribution is 0.274. The summed E-state index contributed by atoms with van der Waals surface area (Å²) in [5, 5.41) is 3.18. The molecule has 1 fully saturated rings. The summed E-state index contributed by atoms with van der Waals surface area (Å²) in [5.74, 6) is -1.42. The van der Waals surface area contributed by atoms with Gasteiger partial charge >= 0.3 is 0 Å². The maximum absolute atomic E-state index is 13.3. The average Bonchev–Trinajstić information content (AvgIpc) is 2.34. The number of hydrogen-bond acceptors (Lipinski definition) is 1. The van der Waals surface area contributed by atoms with Gasteiger partial charge in [-0.2, -0.15) is 0 Å². The van der Waals surface area contributed by atoms with Gasteiger partial charge in [0, 0.05) is 24.6 Å². The third-order valence-electron chi connectivity index (χ3n) is 3.85. The van der Waals surface area contributed by atoms with E-state index in [0.29, 0.717) is 12.0 Å². The molecule has 0 radical (unpaired) electrons. The van der Waals surface area contributed by atoms with Crippen molar-refractivity contribution in [1.82, 2.24) is 5.32 Å². The minimum absolute atomic E-state index is 0.214. The summed E-state index contributed by atoms with van der Waals surface area (Å²) in [6.45, 7) is 1.44. The molecule has 104 valence electrons. The van der Waals surface area contributed by atoms with Crippen LogP contribution in [-0.2, 0) is 11.8 Å². The van der Waals surface area contributed by atoms with Gasteiger partial charge in [0.15, 0.2) is 0 Å². The van der Waals surface area contributed by atoms with Crippen molar-refractivity contribution >= 4 is 0 Å². The zero-order valence-corrected chi connectivity index (χ0v) is 10.8. The highest BCUT2D eigenvalue weighted by Gasteiger charge is 2.38. The van der Waals surface area contributed by atoms with E-state index in [9.17, 15) is 13.2 Å². The largest absolute Gasteiger partial charge is 0.315 e. The highest BCUT2D eigenvalue weighted by Crippen LogP contribution is 2.33.